The summed E-state index contributed by atoms with van der Waals surface area (Å²) in [5.41, 5.74) is 2.05. The number of methoxy groups -OCH3 is 3. The highest BCUT2D eigenvalue weighted by atomic mass is 79.9. The number of phenols is 1. The summed E-state index contributed by atoms with van der Waals surface area (Å²) in [6.07, 6.45) is 1.58. The summed E-state index contributed by atoms with van der Waals surface area (Å²) in [5.74, 6) is 0.741. The zero-order valence-electron chi connectivity index (χ0n) is 22.6. The second-order valence-electron chi connectivity index (χ2n) is 9.06. The van der Waals surface area contributed by atoms with E-state index in [1.165, 1.54) is 25.9 Å². The fourth-order valence-electron chi connectivity index (χ4n) is 4.67. The third-order valence-electron chi connectivity index (χ3n) is 6.60. The number of halogens is 1. The van der Waals surface area contributed by atoms with Crippen molar-refractivity contribution in [2.24, 2.45) is 4.99 Å². The first-order valence-corrected chi connectivity index (χ1v) is 14.0. The Labute approximate surface area is 247 Å². The first kappa shape index (κ1) is 28.2. The fourth-order valence-corrected chi connectivity index (χ4v) is 6.16. The second kappa shape index (κ2) is 11.6. The number of aromatic nitrogens is 1. The van der Waals surface area contributed by atoms with Crippen molar-refractivity contribution in [3.05, 3.63) is 107 Å². The summed E-state index contributed by atoms with van der Waals surface area (Å²) in [6.45, 7) is 1.75. The number of hydrogen-bond acceptors (Lipinski definition) is 8. The fraction of sp³-hybridized carbons (Fsp3) is 0.167. The molecule has 0 saturated carbocycles. The van der Waals surface area contributed by atoms with E-state index >= 15 is 0 Å². The number of carbonyl (C=O) groups excluding carboxylic acids is 1. The van der Waals surface area contributed by atoms with Crippen molar-refractivity contribution in [2.45, 2.75) is 13.0 Å². The predicted molar refractivity (Wildman–Crippen MR) is 161 cm³/mol. The van der Waals surface area contributed by atoms with Crippen LogP contribution in [0, 0.1) is 0 Å². The van der Waals surface area contributed by atoms with Gasteiger partial charge in [-0.3, -0.25) is 14.2 Å². The van der Waals surface area contributed by atoms with Crippen molar-refractivity contribution in [1.29, 1.82) is 0 Å². The quantitative estimate of drug-likeness (QED) is 0.312. The normalized spacial score (nSPS) is 14.8. The molecule has 5 rings (SSSR count). The van der Waals surface area contributed by atoms with Gasteiger partial charge in [0.25, 0.3) is 11.5 Å². The molecular weight excluding hydrogens is 610 g/mol. The van der Waals surface area contributed by atoms with E-state index in [-0.39, 0.29) is 23.0 Å². The number of amides is 1. The number of fused-ring (bicyclic) bond motifs is 1. The number of hydrogen-bond donors (Lipinski definition) is 2. The van der Waals surface area contributed by atoms with E-state index in [1.807, 2.05) is 18.2 Å². The molecule has 9 nitrogen and oxygen atoms in total. The van der Waals surface area contributed by atoms with Gasteiger partial charge in [-0.1, -0.05) is 51.5 Å². The molecule has 1 atom stereocenters. The third kappa shape index (κ3) is 5.38. The molecule has 11 heteroatoms. The van der Waals surface area contributed by atoms with Crippen molar-refractivity contribution in [1.82, 2.24) is 4.57 Å². The number of para-hydroxylation sites is 1. The van der Waals surface area contributed by atoms with Crippen molar-refractivity contribution < 1.29 is 24.1 Å². The van der Waals surface area contributed by atoms with E-state index in [2.05, 4.69) is 26.2 Å². The van der Waals surface area contributed by atoms with Gasteiger partial charge in [-0.05, 0) is 55.0 Å². The van der Waals surface area contributed by atoms with E-state index in [0.717, 1.165) is 11.3 Å². The molecule has 0 radical (unpaired) electrons. The van der Waals surface area contributed by atoms with Gasteiger partial charge in [0.15, 0.2) is 27.8 Å². The van der Waals surface area contributed by atoms with Crippen LogP contribution in [0.25, 0.3) is 6.08 Å². The Morgan fingerprint density at radius 2 is 1.73 bits per heavy atom. The third-order valence-corrected chi connectivity index (χ3v) is 8.04. The van der Waals surface area contributed by atoms with Gasteiger partial charge in [-0.2, -0.15) is 0 Å². The highest BCUT2D eigenvalue weighted by Crippen LogP contribution is 2.37. The molecule has 0 fully saturated rings. The molecule has 0 saturated heterocycles. The van der Waals surface area contributed by atoms with E-state index in [0.29, 0.717) is 53.4 Å². The number of carbonyl (C=O) groups is 1. The van der Waals surface area contributed by atoms with Crippen LogP contribution in [-0.2, 0) is 4.79 Å². The second-order valence-corrected chi connectivity index (χ2v) is 11.0. The molecule has 1 aliphatic rings. The molecule has 0 unspecified atom stereocenters. The van der Waals surface area contributed by atoms with Crippen molar-refractivity contribution in [2.75, 3.05) is 26.6 Å². The molecule has 0 spiro atoms. The number of ether oxygens (including phenoxy) is 3. The molecular formula is C30H26BrN3O6S. The summed E-state index contributed by atoms with van der Waals surface area (Å²) >= 11 is 4.58. The van der Waals surface area contributed by atoms with E-state index in [1.54, 1.807) is 55.5 Å². The number of nitrogens with zero attached hydrogens (tertiary/aromatic N) is 2. The topological polar surface area (TPSA) is 111 Å². The lowest BCUT2D eigenvalue weighted by atomic mass is 9.94. The Morgan fingerprint density at radius 1 is 1.02 bits per heavy atom. The summed E-state index contributed by atoms with van der Waals surface area (Å²) < 4.78 is 18.7. The average molecular weight is 637 g/mol. The molecule has 3 aromatic carbocycles. The largest absolute Gasteiger partial charge is 0.504 e. The standard InChI is InChI=1S/C30H26BrN3O6S/c1-16-25(28(36)33-20-8-6-5-7-9-20)26(17-10-11-21(38-2)22(13-17)39-3)34-29(37)24(41-30(34)32-16)14-18-12-19(31)15-23(40-4)27(18)35/h5-15,26,35H,1-4H3,(H,33,36)/b24-14-/t26-/m1/s1. The predicted octanol–water partition coefficient (Wildman–Crippen LogP) is 4.37. The maximum Gasteiger partial charge on any atom is 0.271 e. The van der Waals surface area contributed by atoms with Crippen LogP contribution in [0.5, 0.6) is 23.0 Å². The Balaban J connectivity index is 1.72. The number of aromatic hydroxyl groups is 1. The Morgan fingerprint density at radius 3 is 2.41 bits per heavy atom. The number of benzene rings is 3. The van der Waals surface area contributed by atoms with Gasteiger partial charge < -0.3 is 24.6 Å². The molecule has 1 aliphatic heterocycles. The minimum atomic E-state index is -0.817. The van der Waals surface area contributed by atoms with Crippen LogP contribution in [0.2, 0.25) is 0 Å². The van der Waals surface area contributed by atoms with E-state index in [9.17, 15) is 14.7 Å². The molecule has 2 N–H and O–H groups in total. The monoisotopic (exact) mass is 635 g/mol. The van der Waals surface area contributed by atoms with Crippen LogP contribution in [0.3, 0.4) is 0 Å². The number of rotatable bonds is 7. The average Bonchev–Trinajstić information content (AvgIpc) is 3.27. The van der Waals surface area contributed by atoms with Gasteiger partial charge in [-0.25, -0.2) is 4.99 Å². The lowest BCUT2D eigenvalue weighted by Gasteiger charge is -2.26. The number of nitrogens with one attached hydrogen (secondary N) is 1. The number of thiazole rings is 1. The molecule has 0 aliphatic carbocycles. The van der Waals surface area contributed by atoms with Crippen LogP contribution in [0.4, 0.5) is 5.69 Å². The minimum absolute atomic E-state index is 0.0999. The van der Waals surface area contributed by atoms with Crippen LogP contribution in [0.15, 0.2) is 86.2 Å². The van der Waals surface area contributed by atoms with Crippen molar-refractivity contribution in [3.63, 3.8) is 0 Å². The van der Waals surface area contributed by atoms with Crippen LogP contribution in [-0.4, -0.2) is 36.9 Å². The lowest BCUT2D eigenvalue weighted by Crippen LogP contribution is -2.40. The Bertz CT molecular complexity index is 1860. The molecule has 1 aromatic heterocycles. The zero-order valence-corrected chi connectivity index (χ0v) is 25.0. The first-order valence-electron chi connectivity index (χ1n) is 12.4. The van der Waals surface area contributed by atoms with Crippen molar-refractivity contribution >= 4 is 44.9 Å². The van der Waals surface area contributed by atoms with Crippen LogP contribution in [0.1, 0.15) is 24.1 Å². The van der Waals surface area contributed by atoms with E-state index in [4.69, 9.17) is 14.2 Å². The number of anilines is 1. The summed E-state index contributed by atoms with van der Waals surface area (Å²) in [4.78, 5) is 32.8. The van der Waals surface area contributed by atoms with E-state index < -0.39 is 6.04 Å². The van der Waals surface area contributed by atoms with Gasteiger partial charge in [0, 0.05) is 15.7 Å². The Hall–Kier alpha value is -4.35. The number of allylic oxidation sites excluding steroid dienone is 1. The molecule has 1 amide bonds. The minimum Gasteiger partial charge on any atom is -0.504 e. The van der Waals surface area contributed by atoms with Crippen LogP contribution >= 0.6 is 27.3 Å². The van der Waals surface area contributed by atoms with Gasteiger partial charge in [-0.15, -0.1) is 0 Å². The Kier molecular flexibility index (Phi) is 8.00. The first-order chi connectivity index (χ1) is 19.7. The van der Waals surface area contributed by atoms with Gasteiger partial charge in [0.05, 0.1) is 43.2 Å². The smallest absolute Gasteiger partial charge is 0.271 e. The van der Waals surface area contributed by atoms with Gasteiger partial charge in [0.1, 0.15) is 0 Å². The lowest BCUT2D eigenvalue weighted by molar-refractivity contribution is -0.113. The molecule has 4 aromatic rings. The number of phenolic OH excluding ortho intramolecular Hbond substituents is 1. The zero-order chi connectivity index (χ0) is 29.3. The molecule has 2 heterocycles. The molecule has 210 valence electrons. The molecule has 0 bridgehead atoms. The van der Waals surface area contributed by atoms with Crippen molar-refractivity contribution in [3.8, 4) is 23.0 Å². The molecule has 41 heavy (non-hydrogen) atoms. The van der Waals surface area contributed by atoms with Gasteiger partial charge >= 0.3 is 0 Å². The highest BCUT2D eigenvalue weighted by molar-refractivity contribution is 9.10. The summed E-state index contributed by atoms with van der Waals surface area (Å²) in [7, 11) is 4.51. The SMILES string of the molecule is COc1ccc([C@@H]2C(C(=O)Nc3ccccc3)=C(C)N=c3s/c(=C\c4cc(Br)cc(OC)c4O)c(=O)n32)cc1OC. The maximum absolute atomic E-state index is 14.0. The summed E-state index contributed by atoms with van der Waals surface area (Å²) in [6, 6.07) is 16.9. The summed E-state index contributed by atoms with van der Waals surface area (Å²) in [5, 5.41) is 13.6. The maximum atomic E-state index is 14.0. The highest BCUT2D eigenvalue weighted by Gasteiger charge is 2.33. The van der Waals surface area contributed by atoms with Crippen LogP contribution < -0.4 is 34.4 Å². The van der Waals surface area contributed by atoms with Gasteiger partial charge in [0.2, 0.25) is 0 Å².